The summed E-state index contributed by atoms with van der Waals surface area (Å²) in [6.07, 6.45) is 4.40. The van der Waals surface area contributed by atoms with Crippen molar-refractivity contribution in [3.05, 3.63) is 48.2 Å². The largest absolute Gasteiger partial charge is 0.478 e. The zero-order chi connectivity index (χ0) is 20.0. The second-order valence-corrected chi connectivity index (χ2v) is 7.99. The van der Waals surface area contributed by atoms with E-state index in [1.165, 1.54) is 42.6 Å². The Morgan fingerprint density at radius 2 is 2.11 bits per heavy atom. The van der Waals surface area contributed by atoms with E-state index in [1.54, 1.807) is 0 Å². The van der Waals surface area contributed by atoms with Crippen LogP contribution in [0.2, 0.25) is 0 Å². The summed E-state index contributed by atoms with van der Waals surface area (Å²) in [5.74, 6) is 2.21. The van der Waals surface area contributed by atoms with E-state index in [9.17, 15) is 4.79 Å². The van der Waals surface area contributed by atoms with Gasteiger partial charge in [0.25, 0.3) is 0 Å². The summed E-state index contributed by atoms with van der Waals surface area (Å²) in [5, 5.41) is 8.86. The van der Waals surface area contributed by atoms with Crippen molar-refractivity contribution in [1.82, 2.24) is 4.90 Å². The van der Waals surface area contributed by atoms with Crippen LogP contribution < -0.4 is 0 Å². The second kappa shape index (κ2) is 9.75. The molecule has 0 aliphatic carbocycles. The fourth-order valence-corrected chi connectivity index (χ4v) is 3.88. The third-order valence-electron chi connectivity index (χ3n) is 5.25. The highest BCUT2D eigenvalue weighted by atomic mass is 16.4. The van der Waals surface area contributed by atoms with Gasteiger partial charge in [0, 0.05) is 23.9 Å². The molecule has 0 spiro atoms. The number of fused-ring (bicyclic) bond motifs is 1. The standard InChI is InChI=1S/C20H29NO.C3H4O2/c1-5-16-13-21(4)9-8-18(16)20-12-17-7-6-15(10-14(2)3)11-19(17)22-20;1-2-3(4)5/h6-7,11-12,14,16,18H,5,8-10,13H2,1-4H3;2H,1H2,(H,4,5)/t16-,18-;/m0./s1. The molecule has 1 saturated heterocycles. The first kappa shape index (κ1) is 21.2. The molecule has 4 nitrogen and oxygen atoms in total. The molecule has 0 amide bonds. The number of likely N-dealkylation sites (tertiary alicyclic amines) is 1. The fraction of sp³-hybridized carbons (Fsp3) is 0.522. The average Bonchev–Trinajstić information content (AvgIpc) is 3.04. The van der Waals surface area contributed by atoms with Crippen LogP contribution in [-0.2, 0) is 11.2 Å². The lowest BCUT2D eigenvalue weighted by molar-refractivity contribution is -0.131. The quantitative estimate of drug-likeness (QED) is 0.721. The third-order valence-corrected chi connectivity index (χ3v) is 5.25. The lowest BCUT2D eigenvalue weighted by Crippen LogP contribution is -2.36. The van der Waals surface area contributed by atoms with E-state index in [4.69, 9.17) is 9.52 Å². The number of carboxylic acids is 1. The normalized spacial score (nSPS) is 20.3. The van der Waals surface area contributed by atoms with E-state index in [-0.39, 0.29) is 0 Å². The van der Waals surface area contributed by atoms with Gasteiger partial charge in [-0.15, -0.1) is 0 Å². The smallest absolute Gasteiger partial charge is 0.327 e. The Balaban J connectivity index is 0.000000465. The summed E-state index contributed by atoms with van der Waals surface area (Å²) in [6.45, 7) is 12.2. The van der Waals surface area contributed by atoms with Gasteiger partial charge >= 0.3 is 5.97 Å². The Hall–Kier alpha value is -2.07. The van der Waals surface area contributed by atoms with Crippen LogP contribution in [0.15, 0.2) is 41.3 Å². The Morgan fingerprint density at radius 1 is 1.41 bits per heavy atom. The molecule has 4 heteroatoms. The van der Waals surface area contributed by atoms with E-state index >= 15 is 0 Å². The molecule has 3 rings (SSSR count). The molecule has 0 saturated carbocycles. The number of benzene rings is 1. The van der Waals surface area contributed by atoms with Gasteiger partial charge in [-0.3, -0.25) is 0 Å². The highest BCUT2D eigenvalue weighted by molar-refractivity contribution is 5.79. The lowest BCUT2D eigenvalue weighted by Gasteiger charge is -2.35. The van der Waals surface area contributed by atoms with Crippen molar-refractivity contribution in [3.63, 3.8) is 0 Å². The van der Waals surface area contributed by atoms with Crippen LogP contribution in [-0.4, -0.2) is 36.1 Å². The van der Waals surface area contributed by atoms with E-state index in [0.29, 0.717) is 11.8 Å². The minimum atomic E-state index is -0.981. The number of carbonyl (C=O) groups is 1. The Labute approximate surface area is 162 Å². The molecule has 2 atom stereocenters. The van der Waals surface area contributed by atoms with Crippen LogP contribution in [0.1, 0.15) is 50.9 Å². The third kappa shape index (κ3) is 5.96. The van der Waals surface area contributed by atoms with Crippen LogP contribution in [0.3, 0.4) is 0 Å². The van der Waals surface area contributed by atoms with Crippen molar-refractivity contribution >= 4 is 16.9 Å². The van der Waals surface area contributed by atoms with E-state index in [0.717, 1.165) is 24.0 Å². The summed E-state index contributed by atoms with van der Waals surface area (Å²) >= 11 is 0. The van der Waals surface area contributed by atoms with Gasteiger partial charge in [0.05, 0.1) is 0 Å². The molecule has 0 radical (unpaired) electrons. The molecule has 148 valence electrons. The van der Waals surface area contributed by atoms with E-state index in [1.807, 2.05) is 0 Å². The molecule has 27 heavy (non-hydrogen) atoms. The van der Waals surface area contributed by atoms with Gasteiger partial charge in [0.2, 0.25) is 0 Å². The van der Waals surface area contributed by atoms with Gasteiger partial charge < -0.3 is 14.4 Å². The average molecular weight is 372 g/mol. The molecule has 0 bridgehead atoms. The van der Waals surface area contributed by atoms with Crippen molar-refractivity contribution in [1.29, 1.82) is 0 Å². The molecule has 1 aliphatic heterocycles. The number of carboxylic acid groups (broad SMARTS) is 1. The molecule has 1 aromatic carbocycles. The van der Waals surface area contributed by atoms with Gasteiger partial charge in [-0.1, -0.05) is 45.9 Å². The molecular weight excluding hydrogens is 338 g/mol. The topological polar surface area (TPSA) is 53.7 Å². The zero-order valence-corrected chi connectivity index (χ0v) is 17.1. The van der Waals surface area contributed by atoms with Gasteiger partial charge in [0.15, 0.2) is 0 Å². The molecule has 1 aromatic heterocycles. The number of rotatable bonds is 5. The van der Waals surface area contributed by atoms with Gasteiger partial charge in [-0.2, -0.15) is 0 Å². The molecule has 1 N–H and O–H groups in total. The summed E-state index contributed by atoms with van der Waals surface area (Å²) in [7, 11) is 2.23. The molecule has 1 aliphatic rings. The maximum absolute atomic E-state index is 9.25. The predicted octanol–water partition coefficient (Wildman–Crippen LogP) is 5.33. The molecule has 0 unspecified atom stereocenters. The van der Waals surface area contributed by atoms with Crippen molar-refractivity contribution in [2.75, 3.05) is 20.1 Å². The Morgan fingerprint density at radius 3 is 2.70 bits per heavy atom. The van der Waals surface area contributed by atoms with Gasteiger partial charge in [-0.05, 0) is 56.0 Å². The first-order valence-corrected chi connectivity index (χ1v) is 9.90. The molecular formula is C23H33NO3. The minimum absolute atomic E-state index is 0.585. The number of furan rings is 1. The second-order valence-electron chi connectivity index (χ2n) is 7.99. The molecule has 1 fully saturated rings. The summed E-state index contributed by atoms with van der Waals surface area (Å²) < 4.78 is 6.28. The zero-order valence-electron chi connectivity index (χ0n) is 17.1. The number of aliphatic carboxylic acids is 1. The predicted molar refractivity (Wildman–Crippen MR) is 111 cm³/mol. The van der Waals surface area contributed by atoms with E-state index in [2.05, 4.69) is 63.6 Å². The van der Waals surface area contributed by atoms with Gasteiger partial charge in [0.1, 0.15) is 11.3 Å². The summed E-state index contributed by atoms with van der Waals surface area (Å²) in [6, 6.07) is 9.02. The first-order valence-electron chi connectivity index (χ1n) is 9.90. The Kier molecular flexibility index (Phi) is 7.66. The highest BCUT2D eigenvalue weighted by Crippen LogP contribution is 2.37. The Bertz CT molecular complexity index is 762. The van der Waals surface area contributed by atoms with Crippen molar-refractivity contribution in [2.24, 2.45) is 11.8 Å². The van der Waals surface area contributed by atoms with Crippen molar-refractivity contribution in [3.8, 4) is 0 Å². The van der Waals surface area contributed by atoms with Crippen LogP contribution in [0, 0.1) is 11.8 Å². The number of hydrogen-bond donors (Lipinski definition) is 1. The van der Waals surface area contributed by atoms with Crippen LogP contribution in [0.25, 0.3) is 11.0 Å². The van der Waals surface area contributed by atoms with Crippen molar-refractivity contribution in [2.45, 2.75) is 46.0 Å². The highest BCUT2D eigenvalue weighted by Gasteiger charge is 2.30. The molecule has 2 heterocycles. The summed E-state index contributed by atoms with van der Waals surface area (Å²) in [4.78, 5) is 11.7. The van der Waals surface area contributed by atoms with Gasteiger partial charge in [-0.25, -0.2) is 4.79 Å². The fourth-order valence-electron chi connectivity index (χ4n) is 3.88. The number of hydrogen-bond acceptors (Lipinski definition) is 3. The van der Waals surface area contributed by atoms with Crippen LogP contribution >= 0.6 is 0 Å². The maximum atomic E-state index is 9.25. The summed E-state index contributed by atoms with van der Waals surface area (Å²) in [5.41, 5.74) is 2.46. The van der Waals surface area contributed by atoms with E-state index < -0.39 is 5.97 Å². The molecule has 2 aromatic rings. The monoisotopic (exact) mass is 371 g/mol. The number of nitrogens with zero attached hydrogens (tertiary/aromatic N) is 1. The van der Waals surface area contributed by atoms with Crippen LogP contribution in [0.4, 0.5) is 0 Å². The van der Waals surface area contributed by atoms with Crippen molar-refractivity contribution < 1.29 is 14.3 Å². The minimum Gasteiger partial charge on any atom is -0.478 e. The van der Waals surface area contributed by atoms with Crippen LogP contribution in [0.5, 0.6) is 0 Å². The lowest BCUT2D eigenvalue weighted by atomic mass is 9.82. The number of piperidine rings is 1. The first-order chi connectivity index (χ1) is 12.8. The SMILES string of the molecule is C=CC(=O)O.CC[C@H]1CN(C)CC[C@@H]1c1cc2ccc(CC(C)C)cc2o1. The maximum Gasteiger partial charge on any atom is 0.327 e.